The lowest BCUT2D eigenvalue weighted by Crippen LogP contribution is -2.41. The summed E-state index contributed by atoms with van der Waals surface area (Å²) >= 11 is 0. The van der Waals surface area contributed by atoms with Gasteiger partial charge >= 0.3 is 0 Å². The normalized spacial score (nSPS) is 21.8. The van der Waals surface area contributed by atoms with Crippen LogP contribution < -0.4 is 11.1 Å². The van der Waals surface area contributed by atoms with Crippen molar-refractivity contribution in [2.45, 2.75) is 31.9 Å². The first kappa shape index (κ1) is 9.48. The second-order valence-corrected chi connectivity index (χ2v) is 3.45. The molecule has 12 heavy (non-hydrogen) atoms. The van der Waals surface area contributed by atoms with Gasteiger partial charge in [-0.3, -0.25) is 4.79 Å². The average molecular weight is 172 g/mol. The van der Waals surface area contributed by atoms with Gasteiger partial charge in [-0.25, -0.2) is 0 Å². The maximum Gasteiger partial charge on any atom is 0.247 e. The van der Waals surface area contributed by atoms with Gasteiger partial charge in [-0.2, -0.15) is 0 Å². The van der Waals surface area contributed by atoms with Crippen LogP contribution in [-0.2, 0) is 4.79 Å². The highest BCUT2D eigenvalue weighted by Gasteiger charge is 2.28. The van der Waals surface area contributed by atoms with Gasteiger partial charge in [0, 0.05) is 12.6 Å². The van der Waals surface area contributed by atoms with E-state index in [9.17, 15) is 4.79 Å². The van der Waals surface area contributed by atoms with Gasteiger partial charge in [0.25, 0.3) is 0 Å². The third-order valence-electron chi connectivity index (χ3n) is 2.29. The molecule has 0 aromatic carbocycles. The smallest absolute Gasteiger partial charge is 0.247 e. The van der Waals surface area contributed by atoms with Crippen molar-refractivity contribution in [3.63, 3.8) is 0 Å². The Morgan fingerprint density at radius 2 is 2.33 bits per heavy atom. The summed E-state index contributed by atoms with van der Waals surface area (Å²) in [6.45, 7) is 2.33. The Morgan fingerprint density at radius 1 is 1.75 bits per heavy atom. The van der Waals surface area contributed by atoms with E-state index in [-0.39, 0.29) is 6.54 Å². The highest BCUT2D eigenvalue weighted by atomic mass is 16.3. The lowest BCUT2D eigenvalue weighted by molar-refractivity contribution is -0.125. The van der Waals surface area contributed by atoms with Crippen LogP contribution in [-0.4, -0.2) is 29.7 Å². The van der Waals surface area contributed by atoms with Gasteiger partial charge in [-0.15, -0.1) is 0 Å². The van der Waals surface area contributed by atoms with Crippen LogP contribution in [0, 0.1) is 5.92 Å². The summed E-state index contributed by atoms with van der Waals surface area (Å²) in [4.78, 5) is 10.4. The third-order valence-corrected chi connectivity index (χ3v) is 2.29. The Morgan fingerprint density at radius 3 is 2.75 bits per heavy atom. The average Bonchev–Trinajstić information content (AvgIpc) is 2.81. The van der Waals surface area contributed by atoms with Gasteiger partial charge in [-0.05, 0) is 25.7 Å². The molecule has 0 bridgehead atoms. The van der Waals surface area contributed by atoms with Gasteiger partial charge in [0.1, 0.15) is 6.10 Å². The maximum absolute atomic E-state index is 10.4. The zero-order valence-corrected chi connectivity index (χ0v) is 7.29. The molecule has 4 heteroatoms. The van der Waals surface area contributed by atoms with E-state index in [1.807, 2.05) is 0 Å². The van der Waals surface area contributed by atoms with Crippen LogP contribution in [0.4, 0.5) is 0 Å². The molecule has 0 heterocycles. The van der Waals surface area contributed by atoms with Gasteiger partial charge in [0.05, 0.1) is 0 Å². The monoisotopic (exact) mass is 172 g/mol. The number of carbonyl (C=O) groups is 1. The highest BCUT2D eigenvalue weighted by Crippen LogP contribution is 2.32. The zero-order valence-electron chi connectivity index (χ0n) is 7.29. The number of amides is 1. The minimum atomic E-state index is -1.05. The van der Waals surface area contributed by atoms with E-state index < -0.39 is 12.0 Å². The Labute approximate surface area is 72.1 Å². The highest BCUT2D eigenvalue weighted by molar-refractivity contribution is 5.78. The summed E-state index contributed by atoms with van der Waals surface area (Å²) in [5.74, 6) is 0.0653. The molecule has 1 rings (SSSR count). The molecule has 0 radical (unpaired) electrons. The summed E-state index contributed by atoms with van der Waals surface area (Å²) in [5.41, 5.74) is 4.88. The number of nitrogens with two attached hydrogens (primary N) is 1. The van der Waals surface area contributed by atoms with Crippen molar-refractivity contribution in [3.8, 4) is 0 Å². The van der Waals surface area contributed by atoms with E-state index in [0.29, 0.717) is 6.04 Å². The summed E-state index contributed by atoms with van der Waals surface area (Å²) in [6, 6.07) is 0.388. The van der Waals surface area contributed by atoms with Crippen molar-refractivity contribution in [3.05, 3.63) is 0 Å². The van der Waals surface area contributed by atoms with Crippen molar-refractivity contribution in [1.29, 1.82) is 0 Å². The summed E-state index contributed by atoms with van der Waals surface area (Å²) in [6.07, 6.45) is 1.45. The van der Waals surface area contributed by atoms with E-state index in [2.05, 4.69) is 12.2 Å². The van der Waals surface area contributed by atoms with Crippen LogP contribution in [0.2, 0.25) is 0 Å². The Balaban J connectivity index is 2.11. The predicted molar refractivity (Wildman–Crippen MR) is 45.4 cm³/mol. The largest absolute Gasteiger partial charge is 0.382 e. The SMILES string of the molecule is CC(NCC(O)C(N)=O)C1CC1. The van der Waals surface area contributed by atoms with Gasteiger partial charge < -0.3 is 16.2 Å². The van der Waals surface area contributed by atoms with E-state index in [1.165, 1.54) is 12.8 Å². The molecule has 1 amide bonds. The van der Waals surface area contributed by atoms with Crippen LogP contribution in [0.5, 0.6) is 0 Å². The minimum Gasteiger partial charge on any atom is -0.382 e. The molecule has 0 aromatic heterocycles. The lowest BCUT2D eigenvalue weighted by Gasteiger charge is -2.14. The molecular weight excluding hydrogens is 156 g/mol. The molecule has 0 spiro atoms. The molecule has 0 saturated heterocycles. The molecule has 1 aliphatic rings. The Bertz CT molecular complexity index is 168. The molecule has 2 atom stereocenters. The van der Waals surface area contributed by atoms with Crippen LogP contribution in [0.3, 0.4) is 0 Å². The van der Waals surface area contributed by atoms with Crippen molar-refractivity contribution < 1.29 is 9.90 Å². The first-order valence-corrected chi connectivity index (χ1v) is 4.32. The number of carbonyl (C=O) groups excluding carboxylic acids is 1. The van der Waals surface area contributed by atoms with Gasteiger partial charge in [0.15, 0.2) is 0 Å². The number of hydrogen-bond donors (Lipinski definition) is 3. The van der Waals surface area contributed by atoms with E-state index in [0.717, 1.165) is 5.92 Å². The molecular formula is C8H16N2O2. The molecule has 4 N–H and O–H groups in total. The molecule has 2 unspecified atom stereocenters. The van der Waals surface area contributed by atoms with Crippen molar-refractivity contribution >= 4 is 5.91 Å². The molecule has 1 saturated carbocycles. The van der Waals surface area contributed by atoms with E-state index >= 15 is 0 Å². The number of aliphatic hydroxyl groups excluding tert-OH is 1. The second kappa shape index (κ2) is 3.87. The summed E-state index contributed by atoms with van der Waals surface area (Å²) < 4.78 is 0. The first-order chi connectivity index (χ1) is 5.61. The van der Waals surface area contributed by atoms with Crippen LogP contribution in [0.15, 0.2) is 0 Å². The van der Waals surface area contributed by atoms with E-state index in [1.54, 1.807) is 0 Å². The number of hydrogen-bond acceptors (Lipinski definition) is 3. The standard InChI is InChI=1S/C8H16N2O2/c1-5(6-2-3-6)10-4-7(11)8(9)12/h5-7,10-11H,2-4H2,1H3,(H2,9,12). The number of rotatable bonds is 5. The fraction of sp³-hybridized carbons (Fsp3) is 0.875. The maximum atomic E-state index is 10.4. The number of nitrogens with one attached hydrogen (secondary N) is 1. The van der Waals surface area contributed by atoms with E-state index in [4.69, 9.17) is 10.8 Å². The fourth-order valence-corrected chi connectivity index (χ4v) is 1.16. The van der Waals surface area contributed by atoms with Crippen molar-refractivity contribution in [2.75, 3.05) is 6.54 Å². The molecule has 0 aromatic rings. The predicted octanol–water partition coefficient (Wildman–Crippen LogP) is -0.779. The Hall–Kier alpha value is -0.610. The lowest BCUT2D eigenvalue weighted by atomic mass is 10.2. The Kier molecular flexibility index (Phi) is 3.05. The quantitative estimate of drug-likeness (QED) is 0.509. The molecule has 70 valence electrons. The van der Waals surface area contributed by atoms with Crippen molar-refractivity contribution in [2.24, 2.45) is 11.7 Å². The molecule has 1 aliphatic carbocycles. The second-order valence-electron chi connectivity index (χ2n) is 3.45. The van der Waals surface area contributed by atoms with Crippen LogP contribution in [0.1, 0.15) is 19.8 Å². The first-order valence-electron chi connectivity index (χ1n) is 4.32. The fourth-order valence-electron chi connectivity index (χ4n) is 1.16. The van der Waals surface area contributed by atoms with Crippen LogP contribution in [0.25, 0.3) is 0 Å². The number of primary amides is 1. The topological polar surface area (TPSA) is 75.3 Å². The molecule has 0 aliphatic heterocycles. The van der Waals surface area contributed by atoms with Gasteiger partial charge in [-0.1, -0.05) is 0 Å². The molecule has 4 nitrogen and oxygen atoms in total. The summed E-state index contributed by atoms with van der Waals surface area (Å²) in [7, 11) is 0. The van der Waals surface area contributed by atoms with Crippen LogP contribution >= 0.6 is 0 Å². The van der Waals surface area contributed by atoms with Gasteiger partial charge in [0.2, 0.25) is 5.91 Å². The summed E-state index contributed by atoms with van der Waals surface area (Å²) in [5, 5.41) is 12.1. The number of aliphatic hydroxyl groups is 1. The minimum absolute atomic E-state index is 0.271. The van der Waals surface area contributed by atoms with Crippen molar-refractivity contribution in [1.82, 2.24) is 5.32 Å². The third kappa shape index (κ3) is 2.79. The molecule has 1 fully saturated rings. The zero-order chi connectivity index (χ0) is 9.14.